The zero-order chi connectivity index (χ0) is 10.4. The average molecular weight is 310 g/mol. The molecule has 0 fully saturated rings. The van der Waals surface area contributed by atoms with Crippen LogP contribution in [0.1, 0.15) is 0 Å². The van der Waals surface area contributed by atoms with Gasteiger partial charge < -0.3 is 0 Å². The van der Waals surface area contributed by atoms with E-state index in [9.17, 15) is 3.74 Å². The molecule has 0 bridgehead atoms. The van der Waals surface area contributed by atoms with E-state index in [-0.39, 0.29) is 21.4 Å². The van der Waals surface area contributed by atoms with E-state index in [1.165, 1.54) is 12.1 Å². The fourth-order valence-corrected chi connectivity index (χ4v) is 2.05. The quantitative estimate of drug-likeness (QED) is 0.591. The Balaban J connectivity index is 0.000000280. The third-order valence-electron chi connectivity index (χ3n) is 1.54. The molecule has 0 aromatic heterocycles. The minimum atomic E-state index is -4.54. The molecule has 15 heavy (non-hydrogen) atoms. The van der Waals surface area contributed by atoms with Gasteiger partial charge in [0.15, 0.2) is 0 Å². The molecular weight excluding hydrogens is 299 g/mol. The molecule has 0 spiro atoms. The third kappa shape index (κ3) is 5.83. The van der Waals surface area contributed by atoms with Crippen LogP contribution >= 0.6 is 0 Å². The number of rotatable bonds is 1. The van der Waals surface area contributed by atoms with E-state index in [4.69, 9.17) is 8.19 Å². The van der Waals surface area contributed by atoms with Gasteiger partial charge in [-0.25, -0.2) is 12.1 Å². The van der Waals surface area contributed by atoms with Crippen molar-refractivity contribution >= 4 is 18.5 Å². The van der Waals surface area contributed by atoms with Crippen LogP contribution in [-0.4, -0.2) is 22.4 Å². The molecule has 0 radical (unpaired) electrons. The van der Waals surface area contributed by atoms with Crippen LogP contribution in [0.4, 0.5) is 0 Å². The Morgan fingerprint density at radius 3 is 1.67 bits per heavy atom. The SMILES string of the molecule is O=[As](O)(O)[c-]1cccc1.[Fe+2].c1cc[cH-]c1. The van der Waals surface area contributed by atoms with Gasteiger partial charge in [0.25, 0.3) is 0 Å². The molecule has 2 aromatic rings. The summed E-state index contributed by atoms with van der Waals surface area (Å²) in [5, 5.41) is 0. The standard InChI is InChI=1S/C5H6AsO3.C5H5.Fe/c7-6(8,9)5-3-1-2-4-5;1-2-4-5-3-1;/h1-4H,(H2,7,8,9);1-5H;/q2*-1;+2. The molecule has 0 unspecified atom stereocenters. The molecule has 82 valence electrons. The average Bonchev–Trinajstić information content (AvgIpc) is 2.80. The molecule has 3 nitrogen and oxygen atoms in total. The summed E-state index contributed by atoms with van der Waals surface area (Å²) in [6.07, 6.45) is 0. The van der Waals surface area contributed by atoms with Crippen molar-refractivity contribution in [3.63, 3.8) is 0 Å². The van der Waals surface area contributed by atoms with Crippen LogP contribution in [0.2, 0.25) is 0 Å². The summed E-state index contributed by atoms with van der Waals surface area (Å²) in [4.78, 5) is 0. The van der Waals surface area contributed by atoms with Crippen LogP contribution in [0.15, 0.2) is 54.6 Å². The minimum Gasteiger partial charge on any atom is -0.214 e. The van der Waals surface area contributed by atoms with Crippen molar-refractivity contribution in [3.05, 3.63) is 54.6 Å². The molecule has 0 saturated heterocycles. The van der Waals surface area contributed by atoms with Crippen LogP contribution in [0, 0.1) is 0 Å². The van der Waals surface area contributed by atoms with Crippen molar-refractivity contribution in [3.8, 4) is 0 Å². The van der Waals surface area contributed by atoms with Crippen molar-refractivity contribution in [1.82, 2.24) is 0 Å². The van der Waals surface area contributed by atoms with Gasteiger partial charge in [-0.1, -0.05) is 0 Å². The van der Waals surface area contributed by atoms with Gasteiger partial charge in [-0.2, -0.15) is 18.2 Å². The normalized spacial score (nSPS) is 9.73. The summed E-state index contributed by atoms with van der Waals surface area (Å²) < 4.78 is 27.7. The second-order valence-electron chi connectivity index (χ2n) is 2.65. The summed E-state index contributed by atoms with van der Waals surface area (Å²) in [5.41, 5.74) is 0. The van der Waals surface area contributed by atoms with E-state index in [1.54, 1.807) is 12.1 Å². The van der Waals surface area contributed by atoms with E-state index >= 15 is 0 Å². The van der Waals surface area contributed by atoms with Crippen molar-refractivity contribution in [2.75, 3.05) is 0 Å². The van der Waals surface area contributed by atoms with Gasteiger partial charge in [0.1, 0.15) is 0 Å². The maximum Gasteiger partial charge on any atom is 2.00 e. The fourth-order valence-electron chi connectivity index (χ4n) is 0.879. The molecule has 5 heteroatoms. The molecule has 0 aliphatic heterocycles. The van der Waals surface area contributed by atoms with Gasteiger partial charge in [-0.15, -0.1) is 0 Å². The van der Waals surface area contributed by atoms with Crippen LogP contribution < -0.4 is 4.35 Å². The maximum absolute atomic E-state index is 10.4. The van der Waals surface area contributed by atoms with Crippen LogP contribution in [0.3, 0.4) is 0 Å². The van der Waals surface area contributed by atoms with Gasteiger partial charge in [-0.05, 0) is 0 Å². The van der Waals surface area contributed by atoms with Crippen LogP contribution in [-0.2, 0) is 20.8 Å². The van der Waals surface area contributed by atoms with Gasteiger partial charge in [0, 0.05) is 0 Å². The molecule has 0 heterocycles. The van der Waals surface area contributed by atoms with E-state index in [0.29, 0.717) is 0 Å². The monoisotopic (exact) mass is 310 g/mol. The second kappa shape index (κ2) is 6.89. The van der Waals surface area contributed by atoms with Gasteiger partial charge in [0.2, 0.25) is 0 Å². The third-order valence-corrected chi connectivity index (χ3v) is 3.57. The summed E-state index contributed by atoms with van der Waals surface area (Å²) in [6.45, 7) is 0. The fraction of sp³-hybridized carbons (Fsp3) is 0. The van der Waals surface area contributed by atoms with E-state index in [0.717, 1.165) is 0 Å². The Hall–Kier alpha value is -0.502. The van der Waals surface area contributed by atoms with E-state index in [2.05, 4.69) is 0 Å². The van der Waals surface area contributed by atoms with E-state index in [1.807, 2.05) is 30.3 Å². The number of hydrogen-bond donors (Lipinski definition) is 2. The number of hydrogen-bond acceptors (Lipinski definition) is 1. The van der Waals surface area contributed by atoms with Crippen molar-refractivity contribution in [1.29, 1.82) is 0 Å². The van der Waals surface area contributed by atoms with E-state index < -0.39 is 14.2 Å². The first-order valence-corrected chi connectivity index (χ1v) is 7.43. The minimum absolute atomic E-state index is 0. The summed E-state index contributed by atoms with van der Waals surface area (Å²) in [7, 11) is 0. The molecule has 0 aliphatic rings. The zero-order valence-electron chi connectivity index (χ0n) is 7.80. The Morgan fingerprint density at radius 2 is 1.47 bits per heavy atom. The first-order valence-electron chi connectivity index (χ1n) is 4.05. The van der Waals surface area contributed by atoms with Gasteiger partial charge >= 0.3 is 71.8 Å². The molecule has 2 N–H and O–H groups in total. The molecular formula is C10H11AsFeO3. The Labute approximate surface area is 102 Å². The van der Waals surface area contributed by atoms with Gasteiger partial charge in [-0.3, -0.25) is 0 Å². The maximum atomic E-state index is 10.4. The van der Waals surface area contributed by atoms with Crippen molar-refractivity contribution < 1.29 is 29.0 Å². The summed E-state index contributed by atoms with van der Waals surface area (Å²) >= 11 is -4.54. The van der Waals surface area contributed by atoms with Crippen molar-refractivity contribution in [2.24, 2.45) is 0 Å². The largest absolute Gasteiger partial charge is 2.00 e. The summed E-state index contributed by atoms with van der Waals surface area (Å²) in [5.74, 6) is 0. The zero-order valence-corrected chi connectivity index (χ0v) is 10.8. The first-order chi connectivity index (χ1) is 6.61. The molecule has 0 amide bonds. The topological polar surface area (TPSA) is 57.5 Å². The summed E-state index contributed by atoms with van der Waals surface area (Å²) in [6, 6.07) is 16.1. The molecule has 0 aliphatic carbocycles. The Bertz CT molecular complexity index is 358. The smallest absolute Gasteiger partial charge is 0.214 e. The Morgan fingerprint density at radius 1 is 1.00 bits per heavy atom. The predicted molar refractivity (Wildman–Crippen MR) is 54.6 cm³/mol. The molecule has 2 rings (SSSR count). The van der Waals surface area contributed by atoms with Crippen molar-refractivity contribution in [2.45, 2.75) is 0 Å². The first kappa shape index (κ1) is 14.5. The molecule has 0 atom stereocenters. The van der Waals surface area contributed by atoms with Crippen LogP contribution in [0.25, 0.3) is 0 Å². The Kier molecular flexibility index (Phi) is 6.66. The van der Waals surface area contributed by atoms with Crippen LogP contribution in [0.5, 0.6) is 0 Å². The second-order valence-corrected chi connectivity index (χ2v) is 6.02. The predicted octanol–water partition coefficient (Wildman–Crippen LogP) is 0.369. The molecule has 2 aromatic carbocycles. The van der Waals surface area contributed by atoms with Gasteiger partial charge in [0.05, 0.1) is 0 Å². The molecule has 0 saturated carbocycles.